The summed E-state index contributed by atoms with van der Waals surface area (Å²) >= 11 is 0. The number of amides is 1. The van der Waals surface area contributed by atoms with Crippen LogP contribution in [0.15, 0.2) is 42.3 Å². The largest absolute Gasteiger partial charge is 0.411 e. The van der Waals surface area contributed by atoms with Crippen LogP contribution in [-0.4, -0.2) is 35.9 Å². The summed E-state index contributed by atoms with van der Waals surface area (Å²) in [5.41, 5.74) is 6.70. The number of hydrogen-bond donors (Lipinski definition) is 2. The molecule has 0 spiro atoms. The van der Waals surface area contributed by atoms with E-state index in [-0.39, 0.29) is 12.2 Å². The van der Waals surface area contributed by atoms with Gasteiger partial charge in [-0.2, -0.15) is 0 Å². The first-order chi connectivity index (χ1) is 12.0. The maximum atomic E-state index is 14.1. The van der Waals surface area contributed by atoms with E-state index in [0.717, 1.165) is 12.8 Å². The SMILES string of the molecule is NC(=O)OC1=CN(C2CCCCO2)NC1(Cc1ccccc1)C(F)F. The summed E-state index contributed by atoms with van der Waals surface area (Å²) in [7, 11) is 0. The Hall–Kier alpha value is -2.19. The topological polar surface area (TPSA) is 76.8 Å². The summed E-state index contributed by atoms with van der Waals surface area (Å²) in [4.78, 5) is 11.2. The highest BCUT2D eigenvalue weighted by atomic mass is 19.3. The second-order valence-electron chi connectivity index (χ2n) is 6.19. The lowest BCUT2D eigenvalue weighted by atomic mass is 9.90. The Morgan fingerprint density at radius 1 is 1.40 bits per heavy atom. The zero-order valence-electron chi connectivity index (χ0n) is 13.7. The van der Waals surface area contributed by atoms with Gasteiger partial charge >= 0.3 is 6.09 Å². The van der Waals surface area contributed by atoms with E-state index in [0.29, 0.717) is 18.6 Å². The fourth-order valence-electron chi connectivity index (χ4n) is 3.16. The molecule has 1 aromatic rings. The molecule has 8 heteroatoms. The Bertz CT molecular complexity index is 635. The first-order valence-corrected chi connectivity index (χ1v) is 8.21. The second-order valence-corrected chi connectivity index (χ2v) is 6.19. The fraction of sp³-hybridized carbons (Fsp3) is 0.471. The van der Waals surface area contributed by atoms with Gasteiger partial charge in [-0.3, -0.25) is 5.01 Å². The predicted molar refractivity (Wildman–Crippen MR) is 86.2 cm³/mol. The highest BCUT2D eigenvalue weighted by Crippen LogP contribution is 2.36. The number of benzene rings is 1. The number of alkyl halides is 2. The zero-order chi connectivity index (χ0) is 17.9. The molecule has 1 fully saturated rings. The Balaban J connectivity index is 1.90. The van der Waals surface area contributed by atoms with Crippen LogP contribution in [0.2, 0.25) is 0 Å². The molecule has 0 radical (unpaired) electrons. The van der Waals surface area contributed by atoms with Crippen LogP contribution in [0, 0.1) is 0 Å². The van der Waals surface area contributed by atoms with Crippen molar-refractivity contribution in [2.24, 2.45) is 5.73 Å². The molecule has 6 nitrogen and oxygen atoms in total. The smallest absolute Gasteiger partial charge is 0.409 e. The van der Waals surface area contributed by atoms with Gasteiger partial charge in [-0.05, 0) is 24.8 Å². The molecule has 2 aliphatic heterocycles. The molecule has 25 heavy (non-hydrogen) atoms. The van der Waals surface area contributed by atoms with Crippen LogP contribution in [0.25, 0.3) is 0 Å². The minimum atomic E-state index is -2.83. The summed E-state index contributed by atoms with van der Waals surface area (Å²) in [5, 5.41) is 1.46. The van der Waals surface area contributed by atoms with Gasteiger partial charge in [-0.15, -0.1) is 0 Å². The lowest BCUT2D eigenvalue weighted by Gasteiger charge is -2.36. The molecular weight excluding hydrogens is 332 g/mol. The van der Waals surface area contributed by atoms with Crippen molar-refractivity contribution in [1.29, 1.82) is 0 Å². The molecular formula is C17H21F2N3O3. The number of ether oxygens (including phenoxy) is 2. The summed E-state index contributed by atoms with van der Waals surface area (Å²) in [6.07, 6.45) is -0.492. The predicted octanol–water partition coefficient (Wildman–Crippen LogP) is 2.52. The molecule has 2 aliphatic rings. The highest BCUT2D eigenvalue weighted by Gasteiger charge is 2.52. The number of nitrogens with zero attached hydrogens (tertiary/aromatic N) is 1. The molecule has 0 saturated carbocycles. The second kappa shape index (κ2) is 7.37. The maximum absolute atomic E-state index is 14.1. The minimum absolute atomic E-state index is 0.0617. The van der Waals surface area contributed by atoms with Crippen molar-refractivity contribution in [3.8, 4) is 0 Å². The van der Waals surface area contributed by atoms with E-state index < -0.39 is 24.3 Å². The van der Waals surface area contributed by atoms with E-state index >= 15 is 0 Å². The van der Waals surface area contributed by atoms with Crippen LogP contribution >= 0.6 is 0 Å². The van der Waals surface area contributed by atoms with Crippen molar-refractivity contribution in [3.63, 3.8) is 0 Å². The standard InChI is InChI=1S/C17H21F2N3O3/c18-15(19)17(10-12-6-2-1-3-7-12)13(25-16(20)23)11-22(21-17)14-8-4-5-9-24-14/h1-3,6-7,11,14-15,21H,4-5,8-10H2,(H2,20,23). The fourth-order valence-corrected chi connectivity index (χ4v) is 3.16. The summed E-state index contributed by atoms with van der Waals surface area (Å²) in [6, 6.07) is 8.83. The van der Waals surface area contributed by atoms with E-state index in [4.69, 9.17) is 15.2 Å². The molecule has 3 N–H and O–H groups in total. The minimum Gasteiger partial charge on any atom is -0.411 e. The quantitative estimate of drug-likeness (QED) is 0.851. The van der Waals surface area contributed by atoms with E-state index in [1.54, 1.807) is 30.3 Å². The van der Waals surface area contributed by atoms with Gasteiger partial charge in [-0.25, -0.2) is 19.0 Å². The van der Waals surface area contributed by atoms with Crippen LogP contribution in [0.1, 0.15) is 24.8 Å². The third kappa shape index (κ3) is 3.74. The summed E-state index contributed by atoms with van der Waals surface area (Å²) < 4.78 is 38.8. The van der Waals surface area contributed by atoms with Gasteiger partial charge in [-0.1, -0.05) is 30.3 Å². The van der Waals surface area contributed by atoms with Gasteiger partial charge in [0.05, 0.1) is 6.20 Å². The number of carbonyl (C=O) groups excluding carboxylic acids is 1. The van der Waals surface area contributed by atoms with Crippen LogP contribution in [0.3, 0.4) is 0 Å². The molecule has 0 aliphatic carbocycles. The van der Waals surface area contributed by atoms with Crippen LogP contribution in [0.5, 0.6) is 0 Å². The third-order valence-electron chi connectivity index (χ3n) is 4.40. The maximum Gasteiger partial charge on any atom is 0.409 e. The number of primary amides is 1. The molecule has 1 saturated heterocycles. The van der Waals surface area contributed by atoms with E-state index in [9.17, 15) is 13.6 Å². The molecule has 2 unspecified atom stereocenters. The molecule has 0 bridgehead atoms. The first-order valence-electron chi connectivity index (χ1n) is 8.21. The van der Waals surface area contributed by atoms with Crippen LogP contribution in [-0.2, 0) is 15.9 Å². The summed E-state index contributed by atoms with van der Waals surface area (Å²) in [6.45, 7) is 0.559. The van der Waals surface area contributed by atoms with Gasteiger partial charge in [0.1, 0.15) is 6.23 Å². The average molecular weight is 353 g/mol. The van der Waals surface area contributed by atoms with Gasteiger partial charge < -0.3 is 15.2 Å². The van der Waals surface area contributed by atoms with Gasteiger partial charge in [0, 0.05) is 13.0 Å². The van der Waals surface area contributed by atoms with Gasteiger partial charge in [0.25, 0.3) is 6.43 Å². The van der Waals surface area contributed by atoms with Crippen molar-refractivity contribution in [2.45, 2.75) is 43.9 Å². The lowest BCUT2D eigenvalue weighted by molar-refractivity contribution is -0.101. The van der Waals surface area contributed by atoms with Crippen molar-refractivity contribution >= 4 is 6.09 Å². The summed E-state index contributed by atoms with van der Waals surface area (Å²) in [5.74, 6) is -0.201. The van der Waals surface area contributed by atoms with E-state index in [2.05, 4.69) is 5.43 Å². The van der Waals surface area contributed by atoms with Crippen LogP contribution < -0.4 is 11.2 Å². The lowest BCUT2D eigenvalue weighted by Crippen LogP contribution is -2.58. The number of hydrazine groups is 1. The molecule has 2 heterocycles. The zero-order valence-corrected chi connectivity index (χ0v) is 13.7. The molecule has 3 rings (SSSR count). The van der Waals surface area contributed by atoms with Crippen molar-refractivity contribution in [1.82, 2.24) is 10.4 Å². The Morgan fingerprint density at radius 3 is 2.76 bits per heavy atom. The normalized spacial score (nSPS) is 26.6. The number of nitrogens with two attached hydrogens (primary N) is 1. The number of rotatable bonds is 5. The Morgan fingerprint density at radius 2 is 2.16 bits per heavy atom. The number of carbonyl (C=O) groups is 1. The van der Waals surface area contributed by atoms with Crippen molar-refractivity contribution < 1.29 is 23.0 Å². The van der Waals surface area contributed by atoms with E-state index in [1.807, 2.05) is 0 Å². The molecule has 1 aromatic carbocycles. The monoisotopic (exact) mass is 353 g/mol. The third-order valence-corrected chi connectivity index (χ3v) is 4.40. The van der Waals surface area contributed by atoms with Crippen molar-refractivity contribution in [2.75, 3.05) is 6.61 Å². The van der Waals surface area contributed by atoms with Gasteiger partial charge in [0.15, 0.2) is 11.3 Å². The van der Waals surface area contributed by atoms with Gasteiger partial charge in [0.2, 0.25) is 0 Å². The Labute approximate surface area is 144 Å². The number of halogens is 2. The highest BCUT2D eigenvalue weighted by molar-refractivity contribution is 5.66. The molecule has 2 atom stereocenters. The first kappa shape index (κ1) is 17.6. The number of hydrogen-bond acceptors (Lipinski definition) is 5. The Kier molecular flexibility index (Phi) is 5.19. The molecule has 0 aromatic heterocycles. The number of nitrogens with one attached hydrogen (secondary N) is 1. The average Bonchev–Trinajstić information content (AvgIpc) is 2.95. The molecule has 1 amide bonds. The van der Waals surface area contributed by atoms with Crippen molar-refractivity contribution in [3.05, 3.63) is 47.9 Å². The van der Waals surface area contributed by atoms with Crippen LogP contribution in [0.4, 0.5) is 13.6 Å². The molecule has 136 valence electrons. The van der Waals surface area contributed by atoms with E-state index in [1.165, 1.54) is 11.2 Å².